The Kier molecular flexibility index (Phi) is 4.89. The molecule has 2 rings (SSSR count). The first-order chi connectivity index (χ1) is 9.67. The van der Waals surface area contributed by atoms with Gasteiger partial charge in [-0.25, -0.2) is 0 Å². The average Bonchev–Trinajstić information content (AvgIpc) is 2.81. The number of rotatable bonds is 5. The number of carbonyl (C=O) groups excluding carboxylic acids is 2. The van der Waals surface area contributed by atoms with Crippen LogP contribution in [0, 0.1) is 0 Å². The van der Waals surface area contributed by atoms with Crippen LogP contribution in [0.3, 0.4) is 0 Å². The van der Waals surface area contributed by atoms with E-state index in [1.165, 1.54) is 11.8 Å². The SMILES string of the molecule is CCOc1ccccc1C1SCC(=O)N1CC(=O)NC. The smallest absolute Gasteiger partial charge is 0.239 e. The van der Waals surface area contributed by atoms with Gasteiger partial charge in [0.15, 0.2) is 0 Å². The van der Waals surface area contributed by atoms with Gasteiger partial charge in [0.2, 0.25) is 11.8 Å². The molecule has 2 amide bonds. The Morgan fingerprint density at radius 2 is 2.25 bits per heavy atom. The summed E-state index contributed by atoms with van der Waals surface area (Å²) in [7, 11) is 1.57. The third-order valence-electron chi connectivity index (χ3n) is 3.05. The first kappa shape index (κ1) is 14.7. The fourth-order valence-electron chi connectivity index (χ4n) is 2.09. The highest BCUT2D eigenvalue weighted by Crippen LogP contribution is 2.42. The number of nitrogens with one attached hydrogen (secondary N) is 1. The molecule has 5 nitrogen and oxygen atoms in total. The van der Waals surface area contributed by atoms with Gasteiger partial charge in [-0.1, -0.05) is 18.2 Å². The molecule has 1 fully saturated rings. The van der Waals surface area contributed by atoms with E-state index in [-0.39, 0.29) is 23.7 Å². The van der Waals surface area contributed by atoms with Crippen molar-refractivity contribution in [3.8, 4) is 5.75 Å². The van der Waals surface area contributed by atoms with Gasteiger partial charge in [-0.2, -0.15) is 0 Å². The zero-order chi connectivity index (χ0) is 14.5. The molecule has 0 bridgehead atoms. The minimum absolute atomic E-state index is 0.0186. The van der Waals surface area contributed by atoms with Gasteiger partial charge in [-0.15, -0.1) is 11.8 Å². The molecule has 1 aliphatic heterocycles. The molecule has 0 saturated carbocycles. The molecule has 0 aliphatic carbocycles. The van der Waals surface area contributed by atoms with Crippen molar-refractivity contribution in [2.75, 3.05) is 26.0 Å². The van der Waals surface area contributed by atoms with E-state index in [9.17, 15) is 9.59 Å². The Morgan fingerprint density at radius 1 is 1.50 bits per heavy atom. The lowest BCUT2D eigenvalue weighted by atomic mass is 10.2. The molecule has 108 valence electrons. The van der Waals surface area contributed by atoms with Crippen molar-refractivity contribution in [2.45, 2.75) is 12.3 Å². The molecule has 1 heterocycles. The van der Waals surface area contributed by atoms with E-state index in [1.807, 2.05) is 31.2 Å². The van der Waals surface area contributed by atoms with Crippen LogP contribution in [0.1, 0.15) is 17.9 Å². The molecular formula is C14H18N2O3S. The van der Waals surface area contributed by atoms with Crippen molar-refractivity contribution in [1.29, 1.82) is 0 Å². The average molecular weight is 294 g/mol. The van der Waals surface area contributed by atoms with E-state index in [1.54, 1.807) is 11.9 Å². The highest BCUT2D eigenvalue weighted by atomic mass is 32.2. The van der Waals surface area contributed by atoms with Gasteiger partial charge in [-0.3, -0.25) is 9.59 Å². The van der Waals surface area contributed by atoms with Gasteiger partial charge in [0.25, 0.3) is 0 Å². The van der Waals surface area contributed by atoms with Crippen LogP contribution in [0.25, 0.3) is 0 Å². The van der Waals surface area contributed by atoms with Crippen LogP contribution in [0.5, 0.6) is 5.75 Å². The lowest BCUT2D eigenvalue weighted by Gasteiger charge is -2.24. The second-order valence-corrected chi connectivity index (χ2v) is 5.40. The Labute approximate surface area is 122 Å². The molecular weight excluding hydrogens is 276 g/mol. The van der Waals surface area contributed by atoms with Crippen molar-refractivity contribution in [3.63, 3.8) is 0 Å². The van der Waals surface area contributed by atoms with E-state index in [4.69, 9.17) is 4.74 Å². The van der Waals surface area contributed by atoms with Crippen molar-refractivity contribution in [1.82, 2.24) is 10.2 Å². The first-order valence-corrected chi connectivity index (χ1v) is 7.55. The van der Waals surface area contributed by atoms with Gasteiger partial charge >= 0.3 is 0 Å². The number of nitrogens with zero attached hydrogens (tertiary/aromatic N) is 1. The van der Waals surface area contributed by atoms with Crippen molar-refractivity contribution in [2.24, 2.45) is 0 Å². The van der Waals surface area contributed by atoms with Crippen LogP contribution in [-0.2, 0) is 9.59 Å². The largest absolute Gasteiger partial charge is 0.493 e. The van der Waals surface area contributed by atoms with E-state index < -0.39 is 0 Å². The number of amides is 2. The number of hydrogen-bond donors (Lipinski definition) is 1. The fraction of sp³-hybridized carbons (Fsp3) is 0.429. The van der Waals surface area contributed by atoms with E-state index in [0.717, 1.165) is 11.3 Å². The Bertz CT molecular complexity index is 507. The maximum absolute atomic E-state index is 12.0. The predicted molar refractivity (Wildman–Crippen MR) is 78.6 cm³/mol. The van der Waals surface area contributed by atoms with Gasteiger partial charge in [0, 0.05) is 12.6 Å². The van der Waals surface area contributed by atoms with Gasteiger partial charge in [0.05, 0.1) is 12.4 Å². The number of hydrogen-bond acceptors (Lipinski definition) is 4. The fourth-order valence-corrected chi connectivity index (χ4v) is 3.30. The number of para-hydroxylation sites is 1. The van der Waals surface area contributed by atoms with E-state index in [0.29, 0.717) is 12.4 Å². The number of likely N-dealkylation sites (N-methyl/N-ethyl adjacent to an activating group) is 1. The van der Waals surface area contributed by atoms with Crippen LogP contribution < -0.4 is 10.1 Å². The molecule has 1 saturated heterocycles. The molecule has 1 unspecified atom stereocenters. The molecule has 1 N–H and O–H groups in total. The molecule has 0 aromatic heterocycles. The monoisotopic (exact) mass is 294 g/mol. The molecule has 6 heteroatoms. The lowest BCUT2D eigenvalue weighted by Crippen LogP contribution is -2.38. The lowest BCUT2D eigenvalue weighted by molar-refractivity contribution is -0.133. The summed E-state index contributed by atoms with van der Waals surface area (Å²) in [5, 5.41) is 2.39. The maximum Gasteiger partial charge on any atom is 0.239 e. The van der Waals surface area contributed by atoms with Crippen molar-refractivity contribution < 1.29 is 14.3 Å². The molecule has 20 heavy (non-hydrogen) atoms. The molecule has 1 aromatic rings. The van der Waals surface area contributed by atoms with Gasteiger partial charge in [0.1, 0.15) is 17.7 Å². The number of ether oxygens (including phenoxy) is 1. The van der Waals surface area contributed by atoms with Crippen molar-refractivity contribution in [3.05, 3.63) is 29.8 Å². The third kappa shape index (κ3) is 3.07. The van der Waals surface area contributed by atoms with E-state index in [2.05, 4.69) is 5.32 Å². The second-order valence-electron chi connectivity index (χ2n) is 4.33. The summed E-state index contributed by atoms with van der Waals surface area (Å²) < 4.78 is 5.61. The number of thioether (sulfide) groups is 1. The summed E-state index contributed by atoms with van der Waals surface area (Å²) >= 11 is 1.52. The molecule has 1 aromatic carbocycles. The van der Waals surface area contributed by atoms with Crippen LogP contribution in [0.2, 0.25) is 0 Å². The summed E-state index contributed by atoms with van der Waals surface area (Å²) in [5.74, 6) is 0.973. The minimum atomic E-state index is -0.167. The normalized spacial score (nSPS) is 18.2. The highest BCUT2D eigenvalue weighted by Gasteiger charge is 2.35. The summed E-state index contributed by atoms with van der Waals surface area (Å²) in [6.45, 7) is 2.57. The Balaban J connectivity index is 2.26. The Hall–Kier alpha value is -1.69. The van der Waals surface area contributed by atoms with Crippen LogP contribution in [-0.4, -0.2) is 42.7 Å². The first-order valence-electron chi connectivity index (χ1n) is 6.50. The molecule has 0 radical (unpaired) electrons. The Morgan fingerprint density at radius 3 is 2.95 bits per heavy atom. The minimum Gasteiger partial charge on any atom is -0.493 e. The summed E-state index contributed by atoms with van der Waals surface area (Å²) in [5.41, 5.74) is 0.939. The number of benzene rings is 1. The maximum atomic E-state index is 12.0. The summed E-state index contributed by atoms with van der Waals surface area (Å²) in [6.07, 6.45) is 0. The molecule has 1 aliphatic rings. The highest BCUT2D eigenvalue weighted by molar-refractivity contribution is 8.00. The summed E-state index contributed by atoms with van der Waals surface area (Å²) in [4.78, 5) is 25.1. The quantitative estimate of drug-likeness (QED) is 0.892. The molecule has 1 atom stereocenters. The van der Waals surface area contributed by atoms with E-state index >= 15 is 0 Å². The summed E-state index contributed by atoms with van der Waals surface area (Å²) in [6, 6.07) is 7.65. The van der Waals surface area contributed by atoms with Crippen LogP contribution in [0.4, 0.5) is 0 Å². The topological polar surface area (TPSA) is 58.6 Å². The zero-order valence-electron chi connectivity index (χ0n) is 11.6. The van der Waals surface area contributed by atoms with Gasteiger partial charge in [-0.05, 0) is 13.0 Å². The van der Waals surface area contributed by atoms with Gasteiger partial charge < -0.3 is 15.0 Å². The van der Waals surface area contributed by atoms with Crippen LogP contribution in [0.15, 0.2) is 24.3 Å². The second kappa shape index (κ2) is 6.65. The standard InChI is InChI=1S/C14H18N2O3S/c1-3-19-11-7-5-4-6-10(11)14-16(8-12(17)15-2)13(18)9-20-14/h4-7,14H,3,8-9H2,1-2H3,(H,15,17). The third-order valence-corrected chi connectivity index (χ3v) is 4.28. The van der Waals surface area contributed by atoms with Crippen LogP contribution >= 0.6 is 11.8 Å². The van der Waals surface area contributed by atoms with Crippen molar-refractivity contribution >= 4 is 23.6 Å². The number of carbonyl (C=O) groups is 2. The molecule has 0 spiro atoms. The zero-order valence-corrected chi connectivity index (χ0v) is 12.4. The predicted octanol–water partition coefficient (Wildman–Crippen LogP) is 1.41.